The van der Waals surface area contributed by atoms with Crippen LogP contribution in [0.4, 0.5) is 0 Å². The third-order valence-electron chi connectivity index (χ3n) is 15.7. The second kappa shape index (κ2) is 19.3. The van der Waals surface area contributed by atoms with Crippen LogP contribution in [0.3, 0.4) is 0 Å². The number of unbranched alkanes of at least 4 members (excludes halogenated alkanes) is 2. The molecule has 0 aromatic heterocycles. The van der Waals surface area contributed by atoms with Crippen molar-refractivity contribution in [2.45, 2.75) is 198 Å². The molecule has 0 aromatic carbocycles. The minimum atomic E-state index is -0.478. The molecule has 310 valence electrons. The number of nitrogens with zero attached hydrogens (tertiary/aromatic N) is 3. The molecule has 3 amide bonds. The van der Waals surface area contributed by atoms with Crippen LogP contribution in [0.25, 0.3) is 0 Å². The summed E-state index contributed by atoms with van der Waals surface area (Å²) in [5.74, 6) is 2.22. The van der Waals surface area contributed by atoms with Gasteiger partial charge in [0.25, 0.3) is 0 Å². The lowest BCUT2D eigenvalue weighted by Gasteiger charge is -2.49. The number of fused-ring (bicyclic) bond motifs is 1. The Morgan fingerprint density at radius 2 is 1.45 bits per heavy atom. The molecule has 7 fully saturated rings. The third kappa shape index (κ3) is 9.91. The van der Waals surface area contributed by atoms with Crippen LogP contribution in [0.2, 0.25) is 0 Å². The predicted octanol–water partition coefficient (Wildman–Crippen LogP) is 7.40. The zero-order valence-electron chi connectivity index (χ0n) is 34.9. The number of amides is 3. The third-order valence-corrected chi connectivity index (χ3v) is 15.7. The monoisotopic (exact) mass is 765 g/mol. The average molecular weight is 765 g/mol. The second-order valence-corrected chi connectivity index (χ2v) is 19.3. The van der Waals surface area contributed by atoms with Crippen LogP contribution in [0.15, 0.2) is 11.1 Å². The fourth-order valence-corrected chi connectivity index (χ4v) is 12.8. The summed E-state index contributed by atoms with van der Waals surface area (Å²) < 4.78 is 6.55. The number of imide groups is 1. The molecular weight excluding hydrogens is 689 g/mol. The molecule has 55 heavy (non-hydrogen) atoms. The van der Waals surface area contributed by atoms with Crippen LogP contribution in [-0.2, 0) is 19.1 Å². The maximum Gasteiger partial charge on any atom is 0.249 e. The summed E-state index contributed by atoms with van der Waals surface area (Å²) in [5.41, 5.74) is 3.70. The summed E-state index contributed by atoms with van der Waals surface area (Å²) in [6, 6.07) is 1.06. The van der Waals surface area contributed by atoms with E-state index >= 15 is 0 Å². The van der Waals surface area contributed by atoms with Crippen molar-refractivity contribution in [2.75, 3.05) is 32.8 Å². The fourth-order valence-electron chi connectivity index (χ4n) is 12.8. The van der Waals surface area contributed by atoms with Gasteiger partial charge in [0.1, 0.15) is 6.04 Å². The molecule has 7 aliphatic rings. The number of likely N-dealkylation sites (tertiary alicyclic amines) is 1. The predicted molar refractivity (Wildman–Crippen MR) is 217 cm³/mol. The van der Waals surface area contributed by atoms with Gasteiger partial charge in [-0.15, -0.1) is 0 Å². The molecule has 0 aromatic rings. The summed E-state index contributed by atoms with van der Waals surface area (Å²) >= 11 is 0. The van der Waals surface area contributed by atoms with E-state index < -0.39 is 6.04 Å². The normalized spacial score (nSPS) is 37.8. The molecule has 0 spiro atoms. The highest BCUT2D eigenvalue weighted by atomic mass is 16.5. The van der Waals surface area contributed by atoms with Crippen molar-refractivity contribution < 1.29 is 24.2 Å². The first-order chi connectivity index (χ1) is 26.7. The number of aliphatic hydroxyl groups excluding tert-OH is 1. The quantitative estimate of drug-likeness (QED) is 0.115. The molecule has 3 aliphatic heterocycles. The summed E-state index contributed by atoms with van der Waals surface area (Å²) in [7, 11) is 0. The smallest absolute Gasteiger partial charge is 0.249 e. The van der Waals surface area contributed by atoms with Crippen LogP contribution in [0, 0.1) is 29.6 Å². The van der Waals surface area contributed by atoms with Gasteiger partial charge in [-0.1, -0.05) is 37.3 Å². The van der Waals surface area contributed by atoms with Crippen molar-refractivity contribution in [3.8, 4) is 0 Å². The van der Waals surface area contributed by atoms with E-state index in [1.807, 2.05) is 11.1 Å². The Hall–Kier alpha value is -1.81. The number of ether oxygens (including phenoxy) is 1. The van der Waals surface area contributed by atoms with Crippen molar-refractivity contribution in [3.05, 3.63) is 11.1 Å². The molecule has 4 aliphatic carbocycles. The van der Waals surface area contributed by atoms with Gasteiger partial charge in [-0.25, -0.2) is 0 Å². The maximum atomic E-state index is 13.3. The van der Waals surface area contributed by atoms with E-state index in [-0.39, 0.29) is 29.7 Å². The molecule has 9 heteroatoms. The molecule has 3 saturated heterocycles. The highest BCUT2D eigenvalue weighted by Gasteiger charge is 2.49. The lowest BCUT2D eigenvalue weighted by Crippen LogP contribution is -2.59. The van der Waals surface area contributed by atoms with E-state index in [1.54, 1.807) is 4.90 Å². The fraction of sp³-hybridized carbons (Fsp3) is 0.891. The summed E-state index contributed by atoms with van der Waals surface area (Å²) in [4.78, 5) is 44.8. The molecule has 6 atom stereocenters. The molecule has 0 radical (unpaired) electrons. The van der Waals surface area contributed by atoms with Crippen molar-refractivity contribution in [3.63, 3.8) is 0 Å². The zero-order chi connectivity index (χ0) is 38.5. The van der Waals surface area contributed by atoms with E-state index in [0.29, 0.717) is 55.5 Å². The topological polar surface area (TPSA) is 102 Å². The molecule has 0 bridgehead atoms. The molecule has 9 nitrogen and oxygen atoms in total. The van der Waals surface area contributed by atoms with Gasteiger partial charge in [-0.05, 0) is 160 Å². The van der Waals surface area contributed by atoms with E-state index in [9.17, 15) is 19.5 Å². The molecule has 2 N–H and O–H groups in total. The van der Waals surface area contributed by atoms with Gasteiger partial charge in [0, 0.05) is 56.7 Å². The first kappa shape index (κ1) is 41.4. The number of allylic oxidation sites excluding steroid dienone is 2. The number of rotatable bonds is 13. The Morgan fingerprint density at radius 3 is 2.13 bits per heavy atom. The minimum Gasteiger partial charge on any atom is -0.393 e. The Morgan fingerprint density at radius 1 is 0.764 bits per heavy atom. The van der Waals surface area contributed by atoms with Crippen LogP contribution in [0.5, 0.6) is 0 Å². The van der Waals surface area contributed by atoms with E-state index in [4.69, 9.17) is 4.74 Å². The van der Waals surface area contributed by atoms with Crippen LogP contribution < -0.4 is 5.32 Å². The van der Waals surface area contributed by atoms with Gasteiger partial charge in [0.15, 0.2) is 0 Å². The number of piperazine rings is 1. The largest absolute Gasteiger partial charge is 0.393 e. The molecule has 4 saturated carbocycles. The highest BCUT2D eigenvalue weighted by molar-refractivity contribution is 6.02. The Bertz CT molecular complexity index is 1320. The lowest BCUT2D eigenvalue weighted by molar-refractivity contribution is -0.144. The number of carbonyl (C=O) groups excluding carboxylic acids is 3. The van der Waals surface area contributed by atoms with Gasteiger partial charge >= 0.3 is 0 Å². The van der Waals surface area contributed by atoms with Crippen LogP contribution in [0.1, 0.15) is 162 Å². The number of carbonyl (C=O) groups is 3. The Labute approximate surface area is 333 Å². The van der Waals surface area contributed by atoms with Gasteiger partial charge in [-0.3, -0.25) is 29.5 Å². The molecular formula is C46H76N4O5. The average Bonchev–Trinajstić information content (AvgIpc) is 3.51. The van der Waals surface area contributed by atoms with Crippen molar-refractivity contribution in [1.29, 1.82) is 0 Å². The number of nitrogens with one attached hydrogen (secondary N) is 1. The standard InChI is InChI=1S/C46H76N4O5/c1-4-40(33-11-7-5-8-12-33)44(34-13-18-38(51)19-14-34)35-15-20-39(21-16-35)55-26-10-6-9-25-49-31(2)28-48(29-32(49)3)37-17-22-41-36(27-37)30-50(46(41)54)42-23-24-43(52)47-45(42)53/h31-39,41-42,51H,4-30H2,1-3H3,(H,47,52,53)/b44-40-. The zero-order valence-corrected chi connectivity index (χ0v) is 34.9. The first-order valence-corrected chi connectivity index (χ1v) is 23.4. The van der Waals surface area contributed by atoms with Crippen molar-refractivity contribution >= 4 is 17.7 Å². The van der Waals surface area contributed by atoms with Gasteiger partial charge in [0.05, 0.1) is 12.2 Å². The van der Waals surface area contributed by atoms with Crippen LogP contribution in [-0.4, -0.2) is 107 Å². The summed E-state index contributed by atoms with van der Waals surface area (Å²) in [6.07, 6.45) is 25.3. The first-order valence-electron chi connectivity index (χ1n) is 23.4. The van der Waals surface area contributed by atoms with Crippen molar-refractivity contribution in [1.82, 2.24) is 20.0 Å². The van der Waals surface area contributed by atoms with E-state index in [1.165, 1.54) is 89.9 Å². The highest BCUT2D eigenvalue weighted by Crippen LogP contribution is 2.46. The lowest BCUT2D eigenvalue weighted by atomic mass is 9.68. The number of piperidine rings is 1. The van der Waals surface area contributed by atoms with Crippen molar-refractivity contribution in [2.24, 2.45) is 29.6 Å². The molecule has 6 unspecified atom stereocenters. The molecule has 7 rings (SSSR count). The summed E-state index contributed by atoms with van der Waals surface area (Å²) in [6.45, 7) is 12.1. The van der Waals surface area contributed by atoms with Gasteiger partial charge < -0.3 is 14.7 Å². The molecule has 3 heterocycles. The van der Waals surface area contributed by atoms with E-state index in [2.05, 4.69) is 35.9 Å². The van der Waals surface area contributed by atoms with E-state index in [0.717, 1.165) is 76.6 Å². The van der Waals surface area contributed by atoms with Gasteiger partial charge in [0.2, 0.25) is 17.7 Å². The maximum absolute atomic E-state index is 13.3. The number of hydrogen-bond acceptors (Lipinski definition) is 7. The second-order valence-electron chi connectivity index (χ2n) is 19.3. The van der Waals surface area contributed by atoms with Gasteiger partial charge in [-0.2, -0.15) is 0 Å². The summed E-state index contributed by atoms with van der Waals surface area (Å²) in [5, 5.41) is 12.7. The minimum absolute atomic E-state index is 0.0367. The Balaban J connectivity index is 0.805. The Kier molecular flexibility index (Phi) is 14.5. The number of aliphatic hydroxyl groups is 1. The SMILES string of the molecule is CC/C(=C(\C1CCC(O)CC1)C1CCC(OCCCCCN2C(C)CN(C3CCC4C(=O)N(C5CCC(=O)NC5=O)CC4C3)CC2C)CC1)C1CCCCC1. The van der Waals surface area contributed by atoms with Crippen LogP contribution >= 0.6 is 0 Å². The number of hydrogen-bond donors (Lipinski definition) is 2.